The van der Waals surface area contributed by atoms with Gasteiger partial charge in [0.25, 0.3) is 0 Å². The topological polar surface area (TPSA) is 63.2 Å². The second-order valence-corrected chi connectivity index (χ2v) is 5.01. The minimum absolute atomic E-state index is 0.0881. The Balaban J connectivity index is 3.02. The maximum absolute atomic E-state index is 12.3. The lowest BCUT2D eigenvalue weighted by molar-refractivity contribution is -0.122. The molecule has 0 bridgehead atoms. The molecule has 1 atom stereocenters. The number of nitrogens with one attached hydrogen (secondary N) is 1. The van der Waals surface area contributed by atoms with Crippen LogP contribution in [0.1, 0.15) is 41.0 Å². The first-order valence-electron chi connectivity index (χ1n) is 6.55. The molecule has 0 aromatic heterocycles. The van der Waals surface area contributed by atoms with Gasteiger partial charge in [-0.1, -0.05) is 6.92 Å². The van der Waals surface area contributed by atoms with Crippen molar-refractivity contribution in [2.45, 2.75) is 41.0 Å². The summed E-state index contributed by atoms with van der Waals surface area (Å²) < 4.78 is 0. The summed E-state index contributed by atoms with van der Waals surface area (Å²) in [6, 6.07) is 0. The van der Waals surface area contributed by atoms with Crippen molar-refractivity contribution in [3.8, 4) is 0 Å². The van der Waals surface area contributed by atoms with E-state index in [9.17, 15) is 14.4 Å². The lowest BCUT2D eigenvalue weighted by Crippen LogP contribution is -2.29. The van der Waals surface area contributed by atoms with Gasteiger partial charge in [0.1, 0.15) is 0 Å². The quantitative estimate of drug-likeness (QED) is 0.788. The van der Waals surface area contributed by atoms with Gasteiger partial charge in [-0.15, -0.1) is 0 Å². The molecule has 1 amide bonds. The molecule has 1 N–H and O–H groups in total. The molecule has 0 saturated carbocycles. The van der Waals surface area contributed by atoms with Gasteiger partial charge >= 0.3 is 0 Å². The summed E-state index contributed by atoms with van der Waals surface area (Å²) >= 11 is 0. The first-order chi connectivity index (χ1) is 8.81. The minimum Gasteiger partial charge on any atom is -0.356 e. The summed E-state index contributed by atoms with van der Waals surface area (Å²) in [5, 5.41) is 2.71. The molecule has 0 heterocycles. The first-order valence-corrected chi connectivity index (χ1v) is 6.55. The van der Waals surface area contributed by atoms with E-state index in [1.165, 1.54) is 0 Å². The van der Waals surface area contributed by atoms with Crippen LogP contribution in [0.4, 0.5) is 0 Å². The molecule has 1 rings (SSSR count). The Labute approximate surface area is 113 Å². The molecule has 0 radical (unpaired) electrons. The fourth-order valence-corrected chi connectivity index (χ4v) is 2.36. The molecule has 0 saturated heterocycles. The standard InChI is InChI=1S/C15H21NO3/c1-6-16-12(17)7-8(2)13-11(5)14(18)9(3)10(4)15(13)19/h8H,6-7H2,1-5H3,(H,16,17). The second kappa shape index (κ2) is 5.95. The number of rotatable bonds is 4. The van der Waals surface area contributed by atoms with Crippen LogP contribution in [0.25, 0.3) is 0 Å². The summed E-state index contributed by atoms with van der Waals surface area (Å²) in [6.45, 7) is 9.23. The highest BCUT2D eigenvalue weighted by Crippen LogP contribution is 2.30. The Morgan fingerprint density at radius 1 is 1.05 bits per heavy atom. The molecule has 19 heavy (non-hydrogen) atoms. The van der Waals surface area contributed by atoms with Crippen LogP contribution < -0.4 is 5.32 Å². The molecule has 1 unspecified atom stereocenters. The zero-order chi connectivity index (χ0) is 14.7. The number of carbonyl (C=O) groups is 3. The Hall–Kier alpha value is -1.71. The van der Waals surface area contributed by atoms with Crippen LogP contribution in [0.2, 0.25) is 0 Å². The predicted molar refractivity (Wildman–Crippen MR) is 73.6 cm³/mol. The number of allylic oxidation sites excluding steroid dienone is 4. The van der Waals surface area contributed by atoms with Gasteiger partial charge in [-0.2, -0.15) is 0 Å². The van der Waals surface area contributed by atoms with Crippen LogP contribution in [-0.2, 0) is 14.4 Å². The van der Waals surface area contributed by atoms with E-state index in [2.05, 4.69) is 5.32 Å². The third-order valence-corrected chi connectivity index (χ3v) is 3.59. The Bertz CT molecular complexity index is 498. The lowest BCUT2D eigenvalue weighted by Gasteiger charge is -2.22. The van der Waals surface area contributed by atoms with Crippen molar-refractivity contribution in [1.82, 2.24) is 5.32 Å². The largest absolute Gasteiger partial charge is 0.356 e. The van der Waals surface area contributed by atoms with Crippen molar-refractivity contribution in [1.29, 1.82) is 0 Å². The fraction of sp³-hybridized carbons (Fsp3) is 0.533. The highest BCUT2D eigenvalue weighted by molar-refractivity contribution is 6.24. The van der Waals surface area contributed by atoms with Gasteiger partial charge in [0, 0.05) is 35.3 Å². The Morgan fingerprint density at radius 2 is 1.58 bits per heavy atom. The lowest BCUT2D eigenvalue weighted by atomic mass is 9.79. The van der Waals surface area contributed by atoms with E-state index in [0.29, 0.717) is 28.8 Å². The number of Topliss-reactive ketones (excluding diaryl/α,β-unsaturated/α-hetero) is 2. The minimum atomic E-state index is -0.244. The van der Waals surface area contributed by atoms with Crippen molar-refractivity contribution >= 4 is 17.5 Å². The van der Waals surface area contributed by atoms with Crippen LogP contribution in [-0.4, -0.2) is 24.0 Å². The van der Waals surface area contributed by atoms with E-state index in [1.54, 1.807) is 20.8 Å². The van der Waals surface area contributed by atoms with Crippen LogP contribution in [0, 0.1) is 5.92 Å². The fourth-order valence-electron chi connectivity index (χ4n) is 2.36. The third kappa shape index (κ3) is 3.00. The van der Waals surface area contributed by atoms with Gasteiger partial charge in [0.15, 0.2) is 11.6 Å². The molecule has 4 heteroatoms. The van der Waals surface area contributed by atoms with Gasteiger partial charge in [0.05, 0.1) is 0 Å². The SMILES string of the molecule is CCNC(=O)CC(C)C1=C(C)C(=O)C(C)=C(C)C1=O. The smallest absolute Gasteiger partial charge is 0.220 e. The van der Waals surface area contributed by atoms with E-state index >= 15 is 0 Å². The summed E-state index contributed by atoms with van der Waals surface area (Å²) in [7, 11) is 0. The second-order valence-electron chi connectivity index (χ2n) is 5.01. The Kier molecular flexibility index (Phi) is 4.81. The van der Waals surface area contributed by atoms with Crippen LogP contribution >= 0.6 is 0 Å². The summed E-state index contributed by atoms with van der Waals surface area (Å²) in [4.78, 5) is 35.9. The molecule has 0 aromatic carbocycles. The highest BCUT2D eigenvalue weighted by atomic mass is 16.2. The molecule has 0 spiro atoms. The van der Waals surface area contributed by atoms with Crippen molar-refractivity contribution in [3.05, 3.63) is 22.3 Å². The van der Waals surface area contributed by atoms with E-state index < -0.39 is 0 Å². The zero-order valence-corrected chi connectivity index (χ0v) is 12.2. The van der Waals surface area contributed by atoms with Crippen LogP contribution in [0.5, 0.6) is 0 Å². The number of carbonyl (C=O) groups excluding carboxylic acids is 3. The number of amides is 1. The first kappa shape index (κ1) is 15.3. The van der Waals surface area contributed by atoms with E-state index in [1.807, 2.05) is 13.8 Å². The summed E-state index contributed by atoms with van der Waals surface area (Å²) in [6.07, 6.45) is 0.228. The maximum Gasteiger partial charge on any atom is 0.220 e. The van der Waals surface area contributed by atoms with Crippen molar-refractivity contribution in [3.63, 3.8) is 0 Å². The normalized spacial score (nSPS) is 17.9. The molecule has 1 aliphatic carbocycles. The van der Waals surface area contributed by atoms with Gasteiger partial charge in [-0.3, -0.25) is 14.4 Å². The van der Waals surface area contributed by atoms with Gasteiger partial charge in [0.2, 0.25) is 5.91 Å². The number of hydrogen-bond donors (Lipinski definition) is 1. The van der Waals surface area contributed by atoms with Gasteiger partial charge < -0.3 is 5.32 Å². The molecule has 4 nitrogen and oxygen atoms in total. The van der Waals surface area contributed by atoms with Gasteiger partial charge in [-0.05, 0) is 33.6 Å². The van der Waals surface area contributed by atoms with Crippen molar-refractivity contribution < 1.29 is 14.4 Å². The summed E-state index contributed by atoms with van der Waals surface area (Å²) in [5.41, 5.74) is 1.97. The molecule has 0 aromatic rings. The highest BCUT2D eigenvalue weighted by Gasteiger charge is 2.31. The zero-order valence-electron chi connectivity index (χ0n) is 12.2. The van der Waals surface area contributed by atoms with E-state index in [0.717, 1.165) is 0 Å². The molecular weight excluding hydrogens is 242 g/mol. The van der Waals surface area contributed by atoms with Gasteiger partial charge in [-0.25, -0.2) is 0 Å². The maximum atomic E-state index is 12.3. The van der Waals surface area contributed by atoms with Crippen LogP contribution in [0.3, 0.4) is 0 Å². The molecule has 0 aliphatic heterocycles. The Morgan fingerprint density at radius 3 is 2.11 bits per heavy atom. The monoisotopic (exact) mass is 263 g/mol. The number of hydrogen-bond acceptors (Lipinski definition) is 3. The molecule has 104 valence electrons. The number of ketones is 2. The predicted octanol–water partition coefficient (Wildman–Crippen LogP) is 1.95. The molecule has 0 fully saturated rings. The summed E-state index contributed by atoms with van der Waals surface area (Å²) in [5.74, 6) is -0.535. The average molecular weight is 263 g/mol. The molecule has 1 aliphatic rings. The van der Waals surface area contributed by atoms with E-state index in [-0.39, 0.29) is 29.8 Å². The van der Waals surface area contributed by atoms with E-state index in [4.69, 9.17) is 0 Å². The average Bonchev–Trinajstić information content (AvgIpc) is 2.34. The van der Waals surface area contributed by atoms with Crippen LogP contribution in [0.15, 0.2) is 22.3 Å². The molecular formula is C15H21NO3. The van der Waals surface area contributed by atoms with Crippen molar-refractivity contribution in [2.24, 2.45) is 5.92 Å². The third-order valence-electron chi connectivity index (χ3n) is 3.59. The van der Waals surface area contributed by atoms with Crippen molar-refractivity contribution in [2.75, 3.05) is 6.54 Å².